The van der Waals surface area contributed by atoms with Gasteiger partial charge in [-0.3, -0.25) is 4.79 Å². The Morgan fingerprint density at radius 2 is 2.18 bits per heavy atom. The van der Waals surface area contributed by atoms with Gasteiger partial charge in [0.25, 0.3) is 5.91 Å². The number of alkyl halides is 2. The van der Waals surface area contributed by atoms with Crippen molar-refractivity contribution in [3.8, 4) is 0 Å². The van der Waals surface area contributed by atoms with Gasteiger partial charge < -0.3 is 10.6 Å². The number of thiophene rings is 1. The first-order valence-corrected chi connectivity index (χ1v) is 8.73. The standard InChI is InChI=1S/C12H16F2N2O3S2.ClH/c1-12(6-15)3-4-16(7-12)10(17)9-8(2-5-20-9)21(18,19)11(13)14;/h2,5,11H,3-4,6-7,15H2,1H3;1H. The van der Waals surface area contributed by atoms with Gasteiger partial charge in [0.1, 0.15) is 4.88 Å². The van der Waals surface area contributed by atoms with Gasteiger partial charge in [-0.25, -0.2) is 8.42 Å². The third-order valence-electron chi connectivity index (χ3n) is 3.70. The highest BCUT2D eigenvalue weighted by atomic mass is 35.5. The predicted molar refractivity (Wildman–Crippen MR) is 82.4 cm³/mol. The van der Waals surface area contributed by atoms with Gasteiger partial charge in [-0.1, -0.05) is 6.92 Å². The first-order chi connectivity index (χ1) is 9.71. The lowest BCUT2D eigenvalue weighted by Crippen LogP contribution is -2.34. The van der Waals surface area contributed by atoms with E-state index in [-0.39, 0.29) is 22.7 Å². The molecule has 1 atom stereocenters. The largest absolute Gasteiger partial charge is 0.341 e. The maximum Gasteiger partial charge on any atom is 0.341 e. The van der Waals surface area contributed by atoms with Crippen LogP contribution in [0.2, 0.25) is 0 Å². The van der Waals surface area contributed by atoms with Crippen molar-refractivity contribution in [3.63, 3.8) is 0 Å². The molecule has 2 heterocycles. The molecule has 0 aromatic carbocycles. The van der Waals surface area contributed by atoms with Crippen LogP contribution in [-0.4, -0.2) is 44.6 Å². The summed E-state index contributed by atoms with van der Waals surface area (Å²) < 4.78 is 48.5. The molecular formula is C12H17ClF2N2O3S2. The van der Waals surface area contributed by atoms with E-state index < -0.39 is 26.4 Å². The number of halogens is 3. The molecule has 1 saturated heterocycles. The zero-order valence-corrected chi connectivity index (χ0v) is 14.2. The number of sulfone groups is 1. The molecule has 0 bridgehead atoms. The van der Waals surface area contributed by atoms with Crippen LogP contribution >= 0.6 is 23.7 Å². The van der Waals surface area contributed by atoms with Crippen molar-refractivity contribution >= 4 is 39.5 Å². The Hall–Kier alpha value is -0.770. The lowest BCUT2D eigenvalue weighted by Gasteiger charge is -2.22. The van der Waals surface area contributed by atoms with E-state index in [1.54, 1.807) is 0 Å². The van der Waals surface area contributed by atoms with Gasteiger partial charge in [0.2, 0.25) is 9.84 Å². The Bertz CT molecular complexity index is 651. The second kappa shape index (κ2) is 6.77. The van der Waals surface area contributed by atoms with Crippen LogP contribution in [0.15, 0.2) is 16.3 Å². The first kappa shape index (κ1) is 19.3. The highest BCUT2D eigenvalue weighted by molar-refractivity contribution is 7.92. The first-order valence-electron chi connectivity index (χ1n) is 6.30. The van der Waals surface area contributed by atoms with Crippen LogP contribution in [-0.2, 0) is 9.84 Å². The minimum atomic E-state index is -4.77. The number of carbonyl (C=O) groups excluding carboxylic acids is 1. The van der Waals surface area contributed by atoms with E-state index >= 15 is 0 Å². The van der Waals surface area contributed by atoms with E-state index in [1.165, 1.54) is 10.3 Å². The number of likely N-dealkylation sites (tertiary alicyclic amines) is 1. The number of rotatable bonds is 4. The molecule has 22 heavy (non-hydrogen) atoms. The molecule has 5 nitrogen and oxygen atoms in total. The molecule has 1 aromatic heterocycles. The monoisotopic (exact) mass is 374 g/mol. The van der Waals surface area contributed by atoms with E-state index in [4.69, 9.17) is 5.73 Å². The molecule has 0 spiro atoms. The number of carbonyl (C=O) groups is 1. The highest BCUT2D eigenvalue weighted by Gasteiger charge is 2.38. The molecule has 10 heteroatoms. The van der Waals surface area contributed by atoms with Crippen LogP contribution in [0.3, 0.4) is 0 Å². The average Bonchev–Trinajstić information content (AvgIpc) is 3.05. The molecule has 1 aliphatic heterocycles. The summed E-state index contributed by atoms with van der Waals surface area (Å²) in [5, 5.41) is 1.33. The summed E-state index contributed by atoms with van der Waals surface area (Å²) in [6.45, 7) is 3.18. The Kier molecular flexibility index (Phi) is 5.94. The Labute approximate surface area is 137 Å². The lowest BCUT2D eigenvalue weighted by atomic mass is 9.90. The minimum Gasteiger partial charge on any atom is -0.337 e. The molecule has 0 saturated carbocycles. The molecule has 1 aromatic rings. The van der Waals surface area contributed by atoms with Crippen molar-refractivity contribution < 1.29 is 22.0 Å². The quantitative estimate of drug-likeness (QED) is 0.873. The molecule has 1 aliphatic rings. The van der Waals surface area contributed by atoms with Crippen LogP contribution in [0.1, 0.15) is 23.0 Å². The molecular weight excluding hydrogens is 358 g/mol. The van der Waals surface area contributed by atoms with Crippen molar-refractivity contribution in [2.24, 2.45) is 11.1 Å². The van der Waals surface area contributed by atoms with E-state index in [9.17, 15) is 22.0 Å². The van der Waals surface area contributed by atoms with Gasteiger partial charge in [0, 0.05) is 13.1 Å². The van der Waals surface area contributed by atoms with Gasteiger partial charge in [-0.15, -0.1) is 23.7 Å². The predicted octanol–water partition coefficient (Wildman–Crippen LogP) is 1.98. The molecule has 2 rings (SSSR count). The lowest BCUT2D eigenvalue weighted by molar-refractivity contribution is 0.0778. The van der Waals surface area contributed by atoms with Crippen molar-refractivity contribution in [1.82, 2.24) is 4.90 Å². The number of nitrogens with zero attached hydrogens (tertiary/aromatic N) is 1. The summed E-state index contributed by atoms with van der Waals surface area (Å²) in [7, 11) is -4.77. The zero-order valence-electron chi connectivity index (χ0n) is 11.8. The van der Waals surface area contributed by atoms with Gasteiger partial charge in [-0.2, -0.15) is 8.78 Å². The summed E-state index contributed by atoms with van der Waals surface area (Å²) in [6.07, 6.45) is 0.706. The number of hydrogen-bond acceptors (Lipinski definition) is 5. The maximum atomic E-state index is 12.6. The number of nitrogens with two attached hydrogens (primary N) is 1. The zero-order chi connectivity index (χ0) is 15.8. The molecule has 126 valence electrons. The van der Waals surface area contributed by atoms with Crippen molar-refractivity contribution in [1.29, 1.82) is 0 Å². The fourth-order valence-electron chi connectivity index (χ4n) is 2.28. The van der Waals surface area contributed by atoms with Crippen LogP contribution in [0, 0.1) is 5.41 Å². The van der Waals surface area contributed by atoms with Crippen LogP contribution in [0.4, 0.5) is 8.78 Å². The topological polar surface area (TPSA) is 80.5 Å². The SMILES string of the molecule is CC1(CN)CCN(C(=O)c2sccc2S(=O)(=O)C(F)F)C1.Cl. The fraction of sp³-hybridized carbons (Fsp3) is 0.583. The van der Waals surface area contributed by atoms with Gasteiger partial charge in [-0.05, 0) is 29.8 Å². The van der Waals surface area contributed by atoms with Crippen LogP contribution < -0.4 is 5.73 Å². The Morgan fingerprint density at radius 1 is 1.55 bits per heavy atom. The van der Waals surface area contributed by atoms with Crippen molar-refractivity contribution in [2.45, 2.75) is 24.0 Å². The van der Waals surface area contributed by atoms with E-state index in [1.807, 2.05) is 6.92 Å². The van der Waals surface area contributed by atoms with Crippen LogP contribution in [0.25, 0.3) is 0 Å². The highest BCUT2D eigenvalue weighted by Crippen LogP contribution is 2.33. The van der Waals surface area contributed by atoms with Gasteiger partial charge >= 0.3 is 5.76 Å². The van der Waals surface area contributed by atoms with E-state index in [2.05, 4.69) is 0 Å². The maximum absolute atomic E-state index is 12.6. The van der Waals surface area contributed by atoms with Gasteiger partial charge in [0.15, 0.2) is 0 Å². The molecule has 1 fully saturated rings. The molecule has 2 N–H and O–H groups in total. The Morgan fingerprint density at radius 3 is 2.68 bits per heavy atom. The summed E-state index contributed by atoms with van der Waals surface area (Å²) in [5.74, 6) is -4.06. The van der Waals surface area contributed by atoms with Gasteiger partial charge in [0.05, 0.1) is 4.90 Å². The second-order valence-corrected chi connectivity index (χ2v) is 8.21. The molecule has 1 unspecified atom stereocenters. The molecule has 0 aliphatic carbocycles. The summed E-state index contributed by atoms with van der Waals surface area (Å²) in [5.41, 5.74) is 5.44. The summed E-state index contributed by atoms with van der Waals surface area (Å²) >= 11 is 0.862. The normalized spacial score (nSPS) is 22.0. The van der Waals surface area contributed by atoms with Crippen LogP contribution in [0.5, 0.6) is 0 Å². The van der Waals surface area contributed by atoms with E-state index in [0.717, 1.165) is 17.4 Å². The minimum absolute atomic E-state index is 0. The smallest absolute Gasteiger partial charge is 0.337 e. The summed E-state index contributed by atoms with van der Waals surface area (Å²) in [6, 6.07) is 1.05. The number of hydrogen-bond donors (Lipinski definition) is 1. The van der Waals surface area contributed by atoms with Crippen molar-refractivity contribution in [2.75, 3.05) is 19.6 Å². The number of amides is 1. The second-order valence-electron chi connectivity index (χ2n) is 5.41. The Balaban J connectivity index is 0.00000242. The summed E-state index contributed by atoms with van der Waals surface area (Å²) in [4.78, 5) is 13.1. The third kappa shape index (κ3) is 3.42. The molecule has 0 radical (unpaired) electrons. The average molecular weight is 375 g/mol. The molecule has 1 amide bonds. The third-order valence-corrected chi connectivity index (χ3v) is 6.16. The van der Waals surface area contributed by atoms with E-state index in [0.29, 0.717) is 26.1 Å². The van der Waals surface area contributed by atoms with Crippen molar-refractivity contribution in [3.05, 3.63) is 16.3 Å². The fourth-order valence-corrected chi connectivity index (χ4v) is 4.41.